The van der Waals surface area contributed by atoms with Gasteiger partial charge in [-0.15, -0.1) is 0 Å². The van der Waals surface area contributed by atoms with Crippen molar-refractivity contribution in [3.8, 4) is 0 Å². The Hall–Kier alpha value is -3.35. The van der Waals surface area contributed by atoms with Gasteiger partial charge in [0.1, 0.15) is 0 Å². The zero-order valence-corrected chi connectivity index (χ0v) is 19.5. The fraction of sp³-hybridized carbons (Fsp3) is 0.423. The molecule has 2 aliphatic rings. The number of nitrogens with zero attached hydrogens (tertiary/aromatic N) is 3. The van der Waals surface area contributed by atoms with E-state index in [9.17, 15) is 9.59 Å². The Balaban J connectivity index is 1.21. The van der Waals surface area contributed by atoms with E-state index in [0.717, 1.165) is 31.9 Å². The van der Waals surface area contributed by atoms with Crippen LogP contribution in [0.4, 0.5) is 5.69 Å². The van der Waals surface area contributed by atoms with Crippen LogP contribution in [-0.4, -0.2) is 55.9 Å². The van der Waals surface area contributed by atoms with Crippen molar-refractivity contribution in [2.75, 3.05) is 38.1 Å². The van der Waals surface area contributed by atoms with E-state index >= 15 is 0 Å². The normalized spacial score (nSPS) is 16.8. The molecule has 7 heteroatoms. The number of rotatable bonds is 8. The number of aliphatic imine (C=N–C) groups is 1. The fourth-order valence-corrected chi connectivity index (χ4v) is 4.49. The molecule has 33 heavy (non-hydrogen) atoms. The molecule has 0 radical (unpaired) electrons. The lowest BCUT2D eigenvalue weighted by Gasteiger charge is -2.22. The van der Waals surface area contributed by atoms with E-state index in [1.807, 2.05) is 0 Å². The van der Waals surface area contributed by atoms with Crippen LogP contribution in [0.25, 0.3) is 0 Å². The van der Waals surface area contributed by atoms with E-state index in [1.165, 1.54) is 29.0 Å². The van der Waals surface area contributed by atoms with Crippen molar-refractivity contribution >= 4 is 23.5 Å². The third kappa shape index (κ3) is 5.18. The number of nitrogens with one attached hydrogen (secondary N) is 2. The maximum Gasteiger partial charge on any atom is 0.261 e. The van der Waals surface area contributed by atoms with Crippen molar-refractivity contribution < 1.29 is 9.59 Å². The first-order chi connectivity index (χ1) is 16.1. The van der Waals surface area contributed by atoms with Crippen LogP contribution in [0.15, 0.2) is 53.5 Å². The van der Waals surface area contributed by atoms with Gasteiger partial charge < -0.3 is 15.5 Å². The monoisotopic (exact) mass is 447 g/mol. The molecule has 0 saturated carbocycles. The summed E-state index contributed by atoms with van der Waals surface area (Å²) in [6, 6.07) is 15.9. The van der Waals surface area contributed by atoms with Crippen LogP contribution in [-0.2, 0) is 0 Å². The van der Waals surface area contributed by atoms with E-state index in [4.69, 9.17) is 0 Å². The van der Waals surface area contributed by atoms with Gasteiger partial charge in [0.2, 0.25) is 0 Å². The van der Waals surface area contributed by atoms with Crippen LogP contribution in [0.2, 0.25) is 0 Å². The van der Waals surface area contributed by atoms with Gasteiger partial charge in [0.05, 0.1) is 17.2 Å². The minimum atomic E-state index is -0.189. The van der Waals surface area contributed by atoms with Gasteiger partial charge in [-0.25, -0.2) is 0 Å². The average molecular weight is 448 g/mol. The molecule has 0 spiro atoms. The molecular weight excluding hydrogens is 414 g/mol. The molecule has 2 aliphatic heterocycles. The smallest absolute Gasteiger partial charge is 0.261 e. The maximum atomic E-state index is 12.4. The zero-order chi connectivity index (χ0) is 23.2. The first kappa shape index (κ1) is 22.8. The van der Waals surface area contributed by atoms with Crippen LogP contribution < -0.4 is 15.5 Å². The standard InChI is InChI=1S/C26H33N5O2/c1-19(20-10-9-11-21(18-20)30-15-7-8-16-30)29-26(27-2)28-14-5-6-17-31-24(32)22-12-3-4-13-23(22)25(31)33/h3-4,9-13,18-19H,5-8,14-17H2,1-2H3,(H2,27,28,29). The lowest BCUT2D eigenvalue weighted by molar-refractivity contribution is 0.0652. The quantitative estimate of drug-likeness (QED) is 0.280. The molecule has 2 aromatic carbocycles. The summed E-state index contributed by atoms with van der Waals surface area (Å²) in [5.41, 5.74) is 3.53. The summed E-state index contributed by atoms with van der Waals surface area (Å²) in [5.74, 6) is 0.367. The molecule has 1 atom stereocenters. The van der Waals surface area contributed by atoms with Gasteiger partial charge in [0, 0.05) is 38.9 Å². The Morgan fingerprint density at radius 3 is 2.36 bits per heavy atom. The van der Waals surface area contributed by atoms with Crippen molar-refractivity contribution in [2.45, 2.75) is 38.6 Å². The Morgan fingerprint density at radius 1 is 1.00 bits per heavy atom. The molecule has 2 N–H and O–H groups in total. The van der Waals surface area contributed by atoms with Crippen LogP contribution in [0.1, 0.15) is 64.9 Å². The molecule has 2 amide bonds. The first-order valence-corrected chi connectivity index (χ1v) is 11.9. The summed E-state index contributed by atoms with van der Waals surface area (Å²) in [7, 11) is 1.77. The largest absolute Gasteiger partial charge is 0.372 e. The van der Waals surface area contributed by atoms with Crippen molar-refractivity contribution in [1.29, 1.82) is 0 Å². The number of hydrogen-bond donors (Lipinski definition) is 2. The van der Waals surface area contributed by atoms with E-state index in [2.05, 4.69) is 51.7 Å². The van der Waals surface area contributed by atoms with Crippen molar-refractivity contribution in [2.24, 2.45) is 4.99 Å². The maximum absolute atomic E-state index is 12.4. The van der Waals surface area contributed by atoms with Crippen LogP contribution in [0, 0.1) is 0 Å². The summed E-state index contributed by atoms with van der Waals surface area (Å²) in [5, 5.41) is 6.81. The highest BCUT2D eigenvalue weighted by atomic mass is 16.2. The second kappa shape index (κ2) is 10.5. The number of amides is 2. The SMILES string of the molecule is CN=C(NCCCCN1C(=O)c2ccccc2C1=O)NC(C)c1cccc(N2CCCC2)c1. The number of carbonyl (C=O) groups excluding carboxylic acids is 2. The summed E-state index contributed by atoms with van der Waals surface area (Å²) in [6.07, 6.45) is 4.10. The predicted octanol–water partition coefficient (Wildman–Crippen LogP) is 3.59. The van der Waals surface area contributed by atoms with Gasteiger partial charge in [-0.2, -0.15) is 0 Å². The number of imide groups is 1. The van der Waals surface area contributed by atoms with E-state index < -0.39 is 0 Å². The predicted molar refractivity (Wildman–Crippen MR) is 132 cm³/mol. The minimum Gasteiger partial charge on any atom is -0.372 e. The molecule has 0 aromatic heterocycles. The molecule has 1 saturated heterocycles. The molecule has 2 heterocycles. The number of guanidine groups is 1. The highest BCUT2D eigenvalue weighted by Crippen LogP contribution is 2.24. The fourth-order valence-electron chi connectivity index (χ4n) is 4.49. The van der Waals surface area contributed by atoms with E-state index in [0.29, 0.717) is 24.2 Å². The second-order valence-electron chi connectivity index (χ2n) is 8.67. The third-order valence-corrected chi connectivity index (χ3v) is 6.40. The van der Waals surface area contributed by atoms with Crippen LogP contribution >= 0.6 is 0 Å². The number of unbranched alkanes of at least 4 members (excludes halogenated alkanes) is 1. The molecule has 4 rings (SSSR count). The van der Waals surface area contributed by atoms with Crippen molar-refractivity contribution in [3.63, 3.8) is 0 Å². The average Bonchev–Trinajstić information content (AvgIpc) is 3.47. The highest BCUT2D eigenvalue weighted by molar-refractivity contribution is 6.21. The van der Waals surface area contributed by atoms with Gasteiger partial charge in [-0.3, -0.25) is 19.5 Å². The van der Waals surface area contributed by atoms with Crippen molar-refractivity contribution in [3.05, 3.63) is 65.2 Å². The summed E-state index contributed by atoms with van der Waals surface area (Å²) in [4.78, 5) is 33.0. The van der Waals surface area contributed by atoms with Crippen molar-refractivity contribution in [1.82, 2.24) is 15.5 Å². The lowest BCUT2D eigenvalue weighted by Crippen LogP contribution is -2.39. The number of benzene rings is 2. The number of anilines is 1. The Bertz CT molecular complexity index is 994. The zero-order valence-electron chi connectivity index (χ0n) is 19.5. The Kier molecular flexibility index (Phi) is 7.27. The molecule has 1 unspecified atom stereocenters. The molecule has 2 aromatic rings. The van der Waals surface area contributed by atoms with Gasteiger partial charge in [-0.1, -0.05) is 24.3 Å². The van der Waals surface area contributed by atoms with Crippen LogP contribution in [0.3, 0.4) is 0 Å². The first-order valence-electron chi connectivity index (χ1n) is 11.9. The van der Waals surface area contributed by atoms with Gasteiger partial charge in [0.25, 0.3) is 11.8 Å². The molecule has 0 aliphatic carbocycles. The minimum absolute atomic E-state index is 0.122. The summed E-state index contributed by atoms with van der Waals surface area (Å²) < 4.78 is 0. The molecule has 0 bridgehead atoms. The van der Waals surface area contributed by atoms with E-state index in [1.54, 1.807) is 31.3 Å². The molecule has 1 fully saturated rings. The highest BCUT2D eigenvalue weighted by Gasteiger charge is 2.34. The topological polar surface area (TPSA) is 77.0 Å². The second-order valence-corrected chi connectivity index (χ2v) is 8.67. The number of carbonyl (C=O) groups is 2. The van der Waals surface area contributed by atoms with Gasteiger partial charge >= 0.3 is 0 Å². The summed E-state index contributed by atoms with van der Waals surface area (Å²) in [6.45, 7) is 5.55. The molecular formula is C26H33N5O2. The third-order valence-electron chi connectivity index (χ3n) is 6.40. The Morgan fingerprint density at radius 2 is 1.70 bits per heavy atom. The van der Waals surface area contributed by atoms with Gasteiger partial charge in [0.15, 0.2) is 5.96 Å². The number of hydrogen-bond acceptors (Lipinski definition) is 4. The Labute approximate surface area is 195 Å². The molecule has 7 nitrogen and oxygen atoms in total. The van der Waals surface area contributed by atoms with E-state index in [-0.39, 0.29) is 17.9 Å². The number of fused-ring (bicyclic) bond motifs is 1. The summed E-state index contributed by atoms with van der Waals surface area (Å²) >= 11 is 0. The van der Waals surface area contributed by atoms with Gasteiger partial charge in [-0.05, 0) is 62.4 Å². The lowest BCUT2D eigenvalue weighted by atomic mass is 10.1. The molecule has 174 valence electrons. The van der Waals surface area contributed by atoms with Crippen LogP contribution in [0.5, 0.6) is 0 Å².